The molecule has 0 aliphatic carbocycles. The molecule has 2 rings (SSSR count). The van der Waals surface area contributed by atoms with Crippen LogP contribution in [0.4, 0.5) is 0 Å². The van der Waals surface area contributed by atoms with E-state index in [-0.39, 0.29) is 0 Å². The molecule has 0 spiro atoms. The number of pyridine rings is 1. The van der Waals surface area contributed by atoms with Crippen LogP contribution >= 0.6 is 11.6 Å². The summed E-state index contributed by atoms with van der Waals surface area (Å²) < 4.78 is 0. The van der Waals surface area contributed by atoms with Crippen LogP contribution in [0.3, 0.4) is 0 Å². The van der Waals surface area contributed by atoms with Gasteiger partial charge in [0.05, 0.1) is 0 Å². The van der Waals surface area contributed by atoms with E-state index in [0.717, 1.165) is 11.4 Å². The van der Waals surface area contributed by atoms with E-state index < -0.39 is 0 Å². The first-order valence-electron chi connectivity index (χ1n) is 5.66. The highest BCUT2D eigenvalue weighted by Gasteiger charge is 1.99. The molecule has 0 radical (unpaired) electrons. The maximum Gasteiger partial charge on any atom is 0.0406 e. The van der Waals surface area contributed by atoms with Gasteiger partial charge in [0.15, 0.2) is 0 Å². The lowest BCUT2D eigenvalue weighted by Gasteiger charge is -2.04. The fourth-order valence-corrected chi connectivity index (χ4v) is 1.84. The number of allylic oxidation sites excluding steroid dienone is 1. The molecule has 1 nitrogen and oxygen atoms in total. The monoisotopic (exact) mass is 243 g/mol. The lowest BCUT2D eigenvalue weighted by atomic mass is 10.0. The zero-order valence-electron chi connectivity index (χ0n) is 9.73. The second-order valence-corrected chi connectivity index (χ2v) is 4.25. The van der Waals surface area contributed by atoms with E-state index in [0.29, 0.717) is 0 Å². The molecule has 0 amide bonds. The van der Waals surface area contributed by atoms with E-state index >= 15 is 0 Å². The summed E-state index contributed by atoms with van der Waals surface area (Å²) >= 11 is 5.87. The van der Waals surface area contributed by atoms with Crippen molar-refractivity contribution in [2.24, 2.45) is 0 Å². The lowest BCUT2D eigenvalue weighted by Crippen LogP contribution is -1.83. The number of nitrogens with zero attached hydrogens (tertiary/aromatic N) is 1. The van der Waals surface area contributed by atoms with E-state index in [1.165, 1.54) is 16.7 Å². The van der Waals surface area contributed by atoms with Gasteiger partial charge in [-0.2, -0.15) is 0 Å². The van der Waals surface area contributed by atoms with E-state index in [2.05, 4.69) is 18.0 Å². The van der Waals surface area contributed by atoms with Gasteiger partial charge in [-0.05, 0) is 47.4 Å². The third kappa shape index (κ3) is 3.18. The van der Waals surface area contributed by atoms with Crippen LogP contribution in [-0.4, -0.2) is 4.98 Å². The molecule has 1 heterocycles. The molecule has 0 atom stereocenters. The summed E-state index contributed by atoms with van der Waals surface area (Å²) in [7, 11) is 0. The normalized spacial score (nSPS) is 11.5. The Kier molecular flexibility index (Phi) is 3.94. The van der Waals surface area contributed by atoms with Gasteiger partial charge in [0.1, 0.15) is 0 Å². The van der Waals surface area contributed by atoms with Crippen LogP contribution in [0.15, 0.2) is 48.8 Å². The van der Waals surface area contributed by atoms with Gasteiger partial charge in [-0.15, -0.1) is 0 Å². The molecule has 1 aromatic carbocycles. The van der Waals surface area contributed by atoms with E-state index in [1.807, 2.05) is 48.8 Å². The Bertz CT molecular complexity index is 500. The van der Waals surface area contributed by atoms with Crippen molar-refractivity contribution in [3.63, 3.8) is 0 Å². The standard InChI is InChI=1S/C15H14ClN/c1-2-13(14-7-9-17-10-8-14)11-12-3-5-15(16)6-4-12/h3-11H,2H2,1H3/b13-11-. The molecule has 17 heavy (non-hydrogen) atoms. The summed E-state index contributed by atoms with van der Waals surface area (Å²) in [5, 5.41) is 0.768. The Balaban J connectivity index is 2.33. The van der Waals surface area contributed by atoms with E-state index in [1.54, 1.807) is 0 Å². The molecule has 0 N–H and O–H groups in total. The molecular formula is C15H14ClN. The van der Waals surface area contributed by atoms with Crippen LogP contribution in [0.2, 0.25) is 5.02 Å². The molecular weight excluding hydrogens is 230 g/mol. The zero-order chi connectivity index (χ0) is 12.1. The quantitative estimate of drug-likeness (QED) is 0.762. The average Bonchev–Trinajstić information content (AvgIpc) is 2.39. The van der Waals surface area contributed by atoms with Crippen LogP contribution in [-0.2, 0) is 0 Å². The van der Waals surface area contributed by atoms with Crippen LogP contribution in [0, 0.1) is 0 Å². The highest BCUT2D eigenvalue weighted by atomic mass is 35.5. The predicted octanol–water partition coefficient (Wildman–Crippen LogP) is 4.69. The van der Waals surface area contributed by atoms with Gasteiger partial charge in [0, 0.05) is 17.4 Å². The molecule has 0 saturated heterocycles. The molecule has 0 unspecified atom stereocenters. The molecule has 0 aliphatic heterocycles. The maximum absolute atomic E-state index is 5.87. The summed E-state index contributed by atoms with van der Waals surface area (Å²) in [5.41, 5.74) is 3.69. The summed E-state index contributed by atoms with van der Waals surface area (Å²) in [4.78, 5) is 4.04. The van der Waals surface area contributed by atoms with Crippen molar-refractivity contribution < 1.29 is 0 Å². The number of halogens is 1. The van der Waals surface area contributed by atoms with Gasteiger partial charge in [0.2, 0.25) is 0 Å². The van der Waals surface area contributed by atoms with E-state index in [4.69, 9.17) is 11.6 Å². The van der Waals surface area contributed by atoms with Gasteiger partial charge >= 0.3 is 0 Å². The number of benzene rings is 1. The Morgan fingerprint density at radius 3 is 2.35 bits per heavy atom. The van der Waals surface area contributed by atoms with Crippen molar-refractivity contribution in [1.29, 1.82) is 0 Å². The molecule has 0 aliphatic rings. The summed E-state index contributed by atoms with van der Waals surface area (Å²) in [5.74, 6) is 0. The minimum atomic E-state index is 0.768. The highest BCUT2D eigenvalue weighted by molar-refractivity contribution is 6.30. The number of aromatic nitrogens is 1. The lowest BCUT2D eigenvalue weighted by molar-refractivity contribution is 1.23. The summed E-state index contributed by atoms with van der Waals surface area (Å²) in [6.45, 7) is 2.15. The third-order valence-corrected chi connectivity index (χ3v) is 2.89. The largest absolute Gasteiger partial charge is 0.265 e. The molecule has 86 valence electrons. The minimum Gasteiger partial charge on any atom is -0.265 e. The van der Waals surface area contributed by atoms with Crippen LogP contribution < -0.4 is 0 Å². The molecule has 2 aromatic rings. The SMILES string of the molecule is CC/C(=C/c1ccc(Cl)cc1)c1ccncc1. The number of hydrogen-bond donors (Lipinski definition) is 0. The second-order valence-electron chi connectivity index (χ2n) is 3.81. The Labute approximate surface area is 107 Å². The molecule has 0 bridgehead atoms. The van der Waals surface area contributed by atoms with Crippen molar-refractivity contribution in [3.05, 3.63) is 64.9 Å². The summed E-state index contributed by atoms with van der Waals surface area (Å²) in [6.07, 6.45) is 6.82. The first-order valence-corrected chi connectivity index (χ1v) is 6.04. The van der Waals surface area contributed by atoms with Gasteiger partial charge in [-0.3, -0.25) is 4.98 Å². The minimum absolute atomic E-state index is 0.768. The smallest absolute Gasteiger partial charge is 0.0406 e. The average molecular weight is 244 g/mol. The highest BCUT2D eigenvalue weighted by Crippen LogP contribution is 2.21. The predicted molar refractivity (Wildman–Crippen MR) is 73.9 cm³/mol. The zero-order valence-corrected chi connectivity index (χ0v) is 10.5. The van der Waals surface area contributed by atoms with Crippen LogP contribution in [0.25, 0.3) is 11.6 Å². The Hall–Kier alpha value is -1.60. The molecule has 1 aromatic heterocycles. The third-order valence-electron chi connectivity index (χ3n) is 2.64. The number of hydrogen-bond acceptors (Lipinski definition) is 1. The van der Waals surface area contributed by atoms with Crippen molar-refractivity contribution in [3.8, 4) is 0 Å². The van der Waals surface area contributed by atoms with Gasteiger partial charge < -0.3 is 0 Å². The van der Waals surface area contributed by atoms with Gasteiger partial charge in [-0.1, -0.05) is 36.7 Å². The Morgan fingerprint density at radius 1 is 1.12 bits per heavy atom. The molecule has 2 heteroatoms. The summed E-state index contributed by atoms with van der Waals surface area (Å²) in [6, 6.07) is 11.9. The topological polar surface area (TPSA) is 12.9 Å². The van der Waals surface area contributed by atoms with Crippen molar-refractivity contribution in [1.82, 2.24) is 4.98 Å². The first-order chi connectivity index (χ1) is 8.29. The van der Waals surface area contributed by atoms with Crippen LogP contribution in [0.5, 0.6) is 0 Å². The van der Waals surface area contributed by atoms with E-state index in [9.17, 15) is 0 Å². The fourth-order valence-electron chi connectivity index (χ4n) is 1.72. The van der Waals surface area contributed by atoms with Crippen molar-refractivity contribution in [2.45, 2.75) is 13.3 Å². The molecule has 0 saturated carbocycles. The second kappa shape index (κ2) is 5.65. The number of rotatable bonds is 3. The molecule has 0 fully saturated rings. The Morgan fingerprint density at radius 2 is 1.76 bits per heavy atom. The first kappa shape index (κ1) is 11.9. The van der Waals surface area contributed by atoms with Crippen LogP contribution in [0.1, 0.15) is 24.5 Å². The van der Waals surface area contributed by atoms with Gasteiger partial charge in [-0.25, -0.2) is 0 Å². The van der Waals surface area contributed by atoms with Gasteiger partial charge in [0.25, 0.3) is 0 Å². The van der Waals surface area contributed by atoms with Crippen molar-refractivity contribution >= 4 is 23.3 Å². The van der Waals surface area contributed by atoms with Crippen molar-refractivity contribution in [2.75, 3.05) is 0 Å². The fraction of sp³-hybridized carbons (Fsp3) is 0.133. The maximum atomic E-state index is 5.87.